The molecule has 2 aliphatic rings. The second kappa shape index (κ2) is 16.8. The molecule has 2 fully saturated rings. The molecule has 0 saturated carbocycles. The number of rotatable bonds is 12. The topological polar surface area (TPSA) is 143 Å². The Balaban J connectivity index is 1.47. The Bertz CT molecular complexity index is 1430. The number of allylic oxidation sites excluding steroid dienone is 1. The molecule has 2 saturated heterocycles. The lowest BCUT2D eigenvalue weighted by molar-refractivity contribution is -0.144. The minimum atomic E-state index is -1.34. The number of carbonyl (C=O) groups excluding carboxylic acids is 5. The molecule has 0 aliphatic carbocycles. The van der Waals surface area contributed by atoms with Gasteiger partial charge in [-0.05, 0) is 82.2 Å². The van der Waals surface area contributed by atoms with Crippen LogP contribution >= 0.6 is 0 Å². The summed E-state index contributed by atoms with van der Waals surface area (Å²) in [6.07, 6.45) is 6.55. The Morgan fingerprint density at radius 3 is 2.43 bits per heavy atom. The highest BCUT2D eigenvalue weighted by Gasteiger charge is 2.43. The summed E-state index contributed by atoms with van der Waals surface area (Å²) in [7, 11) is 0. The molecule has 252 valence electrons. The summed E-state index contributed by atoms with van der Waals surface area (Å²) >= 11 is 0. The molecule has 0 radical (unpaired) electrons. The Morgan fingerprint density at radius 2 is 1.72 bits per heavy atom. The van der Waals surface area contributed by atoms with E-state index in [1.165, 1.54) is 4.90 Å². The van der Waals surface area contributed by atoms with Gasteiger partial charge in [-0.25, -0.2) is 4.79 Å². The summed E-state index contributed by atoms with van der Waals surface area (Å²) in [5.41, 5.74) is -0.0690. The van der Waals surface area contributed by atoms with Gasteiger partial charge in [-0.15, -0.1) is 0 Å². The van der Waals surface area contributed by atoms with Crippen LogP contribution < -0.4 is 20.7 Å². The maximum absolute atomic E-state index is 14.0. The van der Waals surface area contributed by atoms with Crippen LogP contribution in [0.5, 0.6) is 5.75 Å². The van der Waals surface area contributed by atoms with Gasteiger partial charge in [0.2, 0.25) is 23.6 Å². The largest absolute Gasteiger partial charge is 0.490 e. The van der Waals surface area contributed by atoms with Crippen molar-refractivity contribution in [1.29, 1.82) is 0 Å². The molecule has 11 heteroatoms. The number of unbranched alkanes of at least 4 members (excludes halogenated alkanes) is 1. The quantitative estimate of drug-likeness (QED) is 0.182. The van der Waals surface area contributed by atoms with Gasteiger partial charge < -0.3 is 30.3 Å². The molecule has 47 heavy (non-hydrogen) atoms. The number of amides is 4. The first kappa shape index (κ1) is 35.2. The SMILES string of the molecule is CC=CCOc1ccc(C[C@@H]2NC(=O)[C@](C)(CC)NC(=O)[C@H](CCCCOC(=O)c3ccccc3)NC(=O)[C@H]3CCCN3C2=O)cc1. The number of nitrogens with one attached hydrogen (secondary N) is 3. The van der Waals surface area contributed by atoms with Gasteiger partial charge in [0.05, 0.1) is 12.2 Å². The van der Waals surface area contributed by atoms with E-state index in [-0.39, 0.29) is 31.8 Å². The molecule has 0 spiro atoms. The third kappa shape index (κ3) is 9.43. The molecular formula is C36H46N4O7. The van der Waals surface area contributed by atoms with Crippen molar-refractivity contribution in [2.24, 2.45) is 0 Å². The van der Waals surface area contributed by atoms with E-state index in [2.05, 4.69) is 16.0 Å². The summed E-state index contributed by atoms with van der Waals surface area (Å²) in [5.74, 6) is -1.46. The zero-order chi connectivity index (χ0) is 33.8. The first-order chi connectivity index (χ1) is 22.6. The van der Waals surface area contributed by atoms with Crippen molar-refractivity contribution in [1.82, 2.24) is 20.9 Å². The van der Waals surface area contributed by atoms with Gasteiger partial charge in [0, 0.05) is 13.0 Å². The first-order valence-corrected chi connectivity index (χ1v) is 16.4. The van der Waals surface area contributed by atoms with Gasteiger partial charge in [-0.1, -0.05) is 49.4 Å². The Labute approximate surface area is 276 Å². The fraction of sp³-hybridized carbons (Fsp3) is 0.472. The van der Waals surface area contributed by atoms with E-state index < -0.39 is 47.4 Å². The Kier molecular flexibility index (Phi) is 12.5. The van der Waals surface area contributed by atoms with Crippen LogP contribution in [0.2, 0.25) is 0 Å². The van der Waals surface area contributed by atoms with E-state index in [0.29, 0.717) is 50.1 Å². The summed E-state index contributed by atoms with van der Waals surface area (Å²) in [6, 6.07) is 13.4. The normalized spacial score (nSPS) is 23.6. The zero-order valence-corrected chi connectivity index (χ0v) is 27.5. The molecule has 2 heterocycles. The molecule has 11 nitrogen and oxygen atoms in total. The van der Waals surface area contributed by atoms with Crippen LogP contribution in [-0.4, -0.2) is 77.9 Å². The molecule has 0 bridgehead atoms. The number of nitrogens with zero attached hydrogens (tertiary/aromatic N) is 1. The monoisotopic (exact) mass is 646 g/mol. The number of ether oxygens (including phenoxy) is 2. The predicted octanol–water partition coefficient (Wildman–Crippen LogP) is 3.47. The van der Waals surface area contributed by atoms with Crippen LogP contribution in [-0.2, 0) is 30.3 Å². The lowest BCUT2D eigenvalue weighted by Crippen LogP contribution is -2.65. The van der Waals surface area contributed by atoms with Crippen molar-refractivity contribution in [3.63, 3.8) is 0 Å². The van der Waals surface area contributed by atoms with Crippen molar-refractivity contribution in [2.75, 3.05) is 19.8 Å². The molecule has 4 rings (SSSR count). The molecular weight excluding hydrogens is 600 g/mol. The van der Waals surface area contributed by atoms with Crippen LogP contribution in [0.1, 0.15) is 75.2 Å². The van der Waals surface area contributed by atoms with Crippen molar-refractivity contribution < 1.29 is 33.4 Å². The van der Waals surface area contributed by atoms with Crippen LogP contribution in [0.25, 0.3) is 0 Å². The molecule has 4 amide bonds. The predicted molar refractivity (Wildman–Crippen MR) is 176 cm³/mol. The maximum Gasteiger partial charge on any atom is 0.338 e. The van der Waals surface area contributed by atoms with Gasteiger partial charge in [-0.3, -0.25) is 19.2 Å². The number of benzene rings is 2. The van der Waals surface area contributed by atoms with Crippen molar-refractivity contribution >= 4 is 29.6 Å². The highest BCUT2D eigenvalue weighted by molar-refractivity contribution is 5.99. The van der Waals surface area contributed by atoms with Gasteiger partial charge in [-0.2, -0.15) is 0 Å². The van der Waals surface area contributed by atoms with Crippen molar-refractivity contribution in [2.45, 2.75) is 89.4 Å². The molecule has 3 N–H and O–H groups in total. The molecule has 0 aromatic heterocycles. The Hall–Kier alpha value is -4.67. The van der Waals surface area contributed by atoms with Crippen LogP contribution in [0.15, 0.2) is 66.7 Å². The minimum Gasteiger partial charge on any atom is -0.490 e. The minimum absolute atomic E-state index is 0.156. The summed E-state index contributed by atoms with van der Waals surface area (Å²) < 4.78 is 11.0. The number of esters is 1. The lowest BCUT2D eigenvalue weighted by atomic mass is 9.94. The average molecular weight is 647 g/mol. The maximum atomic E-state index is 14.0. The summed E-state index contributed by atoms with van der Waals surface area (Å²) in [4.78, 5) is 68.7. The van der Waals surface area contributed by atoms with Gasteiger partial charge in [0.15, 0.2) is 0 Å². The second-order valence-corrected chi connectivity index (χ2v) is 12.2. The average Bonchev–Trinajstić information content (AvgIpc) is 3.58. The highest BCUT2D eigenvalue weighted by atomic mass is 16.5. The first-order valence-electron chi connectivity index (χ1n) is 16.4. The summed E-state index contributed by atoms with van der Waals surface area (Å²) in [5, 5.41) is 8.63. The number of carbonyl (C=O) groups is 5. The van der Waals surface area contributed by atoms with Gasteiger partial charge >= 0.3 is 5.97 Å². The van der Waals surface area contributed by atoms with E-state index in [1.807, 2.05) is 49.4 Å². The smallest absolute Gasteiger partial charge is 0.338 e. The fourth-order valence-electron chi connectivity index (χ4n) is 5.69. The highest BCUT2D eigenvalue weighted by Crippen LogP contribution is 2.23. The van der Waals surface area contributed by atoms with Crippen molar-refractivity contribution in [3.8, 4) is 5.75 Å². The van der Waals surface area contributed by atoms with Crippen LogP contribution in [0, 0.1) is 0 Å². The second-order valence-electron chi connectivity index (χ2n) is 12.2. The van der Waals surface area contributed by atoms with E-state index in [1.54, 1.807) is 38.1 Å². The molecule has 0 unspecified atom stereocenters. The van der Waals surface area contributed by atoms with Gasteiger partial charge in [0.25, 0.3) is 0 Å². The van der Waals surface area contributed by atoms with E-state index >= 15 is 0 Å². The number of hydrogen-bond acceptors (Lipinski definition) is 7. The van der Waals surface area contributed by atoms with E-state index in [4.69, 9.17) is 9.47 Å². The molecule has 2 aliphatic heterocycles. The Morgan fingerprint density at radius 1 is 0.979 bits per heavy atom. The lowest BCUT2D eigenvalue weighted by Gasteiger charge is -2.36. The third-order valence-electron chi connectivity index (χ3n) is 8.76. The number of hydrogen-bond donors (Lipinski definition) is 3. The molecule has 2 aromatic carbocycles. The molecule has 2 aromatic rings. The number of fused-ring (bicyclic) bond motifs is 1. The fourth-order valence-corrected chi connectivity index (χ4v) is 5.69. The van der Waals surface area contributed by atoms with Crippen LogP contribution in [0.3, 0.4) is 0 Å². The van der Waals surface area contributed by atoms with E-state index in [0.717, 1.165) is 5.56 Å². The van der Waals surface area contributed by atoms with Gasteiger partial charge in [0.1, 0.15) is 36.0 Å². The standard InChI is InChI=1S/C36H46N4O7/c1-4-6-22-46-27-19-17-25(18-20-27)24-29-33(43)40-21-12-16-30(40)32(42)37-28(31(41)39-36(3,5-2)35(45)38-29)15-10-11-23-47-34(44)26-13-8-7-9-14-26/h4,6-9,13-14,17-20,28-30H,5,10-12,15-16,21-24H2,1-3H3,(H,37,42)(H,38,45)(H,39,41)/t28-,29-,30+,36-/m0/s1. The molecule has 4 atom stereocenters. The summed E-state index contributed by atoms with van der Waals surface area (Å²) in [6.45, 7) is 6.28. The van der Waals surface area contributed by atoms with Crippen LogP contribution in [0.4, 0.5) is 0 Å². The van der Waals surface area contributed by atoms with Crippen molar-refractivity contribution in [3.05, 3.63) is 77.9 Å². The van der Waals surface area contributed by atoms with E-state index in [9.17, 15) is 24.0 Å². The third-order valence-corrected chi connectivity index (χ3v) is 8.76. The zero-order valence-electron chi connectivity index (χ0n) is 27.5.